The monoisotopic (exact) mass is 259 g/mol. The van der Waals surface area contributed by atoms with Crippen LogP contribution >= 0.6 is 11.3 Å². The van der Waals surface area contributed by atoms with Gasteiger partial charge >= 0.3 is 0 Å². The number of aliphatic hydroxyl groups excluding tert-OH is 1. The number of amides is 1. The number of nitrogens with two attached hydrogens (primary N) is 1. The summed E-state index contributed by atoms with van der Waals surface area (Å²) in [7, 11) is 0. The number of aromatic nitrogens is 1. The highest BCUT2D eigenvalue weighted by Crippen LogP contribution is 2.08. The van der Waals surface area contributed by atoms with Gasteiger partial charge in [0.2, 0.25) is 0 Å². The lowest BCUT2D eigenvalue weighted by molar-refractivity contribution is 0.0866. The number of hydrogen-bond acceptors (Lipinski definition) is 6. The predicted molar refractivity (Wildman–Crippen MR) is 64.9 cm³/mol. The fraction of sp³-hybridized carbons (Fsp3) is 0.600. The fourth-order valence-electron chi connectivity index (χ4n) is 1.14. The largest absolute Gasteiger partial charge is 0.394 e. The average Bonchev–Trinajstić information content (AvgIpc) is 2.82. The highest BCUT2D eigenvalue weighted by Gasteiger charge is 2.08. The lowest BCUT2D eigenvalue weighted by atomic mass is 10.4. The van der Waals surface area contributed by atoms with Gasteiger partial charge in [0.15, 0.2) is 0 Å². The zero-order valence-corrected chi connectivity index (χ0v) is 10.3. The molecule has 1 amide bonds. The molecule has 17 heavy (non-hydrogen) atoms. The predicted octanol–water partition coefficient (Wildman–Crippen LogP) is -0.269. The van der Waals surface area contributed by atoms with Gasteiger partial charge in [-0.05, 0) is 6.42 Å². The smallest absolute Gasteiger partial charge is 0.270 e. The van der Waals surface area contributed by atoms with Crippen LogP contribution in [0, 0.1) is 0 Å². The molecule has 1 rings (SSSR count). The molecule has 0 saturated heterocycles. The molecule has 96 valence electrons. The van der Waals surface area contributed by atoms with Gasteiger partial charge in [-0.1, -0.05) is 0 Å². The first kappa shape index (κ1) is 14.0. The van der Waals surface area contributed by atoms with Crippen LogP contribution in [0.4, 0.5) is 0 Å². The van der Waals surface area contributed by atoms with Crippen molar-refractivity contribution in [2.75, 3.05) is 26.4 Å². The summed E-state index contributed by atoms with van der Waals surface area (Å²) < 4.78 is 5.06. The van der Waals surface area contributed by atoms with Crippen LogP contribution in [0.15, 0.2) is 5.38 Å². The van der Waals surface area contributed by atoms with Crippen molar-refractivity contribution in [3.05, 3.63) is 16.1 Å². The van der Waals surface area contributed by atoms with Gasteiger partial charge < -0.3 is 20.9 Å². The molecule has 0 radical (unpaired) electrons. The zero-order chi connectivity index (χ0) is 12.5. The molecule has 0 aliphatic rings. The Labute approximate surface area is 104 Å². The summed E-state index contributed by atoms with van der Waals surface area (Å²) >= 11 is 1.38. The van der Waals surface area contributed by atoms with E-state index in [9.17, 15) is 4.79 Å². The van der Waals surface area contributed by atoms with Gasteiger partial charge in [-0.25, -0.2) is 4.98 Å². The quantitative estimate of drug-likeness (QED) is 0.558. The highest BCUT2D eigenvalue weighted by atomic mass is 32.1. The number of carbonyl (C=O) groups excluding carboxylic acids is 1. The Balaban J connectivity index is 2.16. The number of aliphatic hydroxyl groups is 1. The van der Waals surface area contributed by atoms with Crippen molar-refractivity contribution in [3.8, 4) is 0 Å². The third kappa shape index (κ3) is 5.22. The molecule has 0 spiro atoms. The molecule has 1 aromatic rings. The minimum atomic E-state index is -0.192. The van der Waals surface area contributed by atoms with E-state index in [0.717, 1.165) is 5.01 Å². The Hall–Kier alpha value is -1.02. The summed E-state index contributed by atoms with van der Waals surface area (Å²) in [5.41, 5.74) is 5.82. The van der Waals surface area contributed by atoms with Crippen molar-refractivity contribution in [3.63, 3.8) is 0 Å². The van der Waals surface area contributed by atoms with E-state index >= 15 is 0 Å². The molecule has 4 N–H and O–H groups in total. The Morgan fingerprint density at radius 1 is 1.59 bits per heavy atom. The van der Waals surface area contributed by atoms with Gasteiger partial charge in [0.1, 0.15) is 10.7 Å². The van der Waals surface area contributed by atoms with E-state index in [1.807, 2.05) is 0 Å². The number of ether oxygens (including phenoxy) is 1. The highest BCUT2D eigenvalue weighted by molar-refractivity contribution is 7.09. The van der Waals surface area contributed by atoms with Crippen LogP contribution in [0.2, 0.25) is 0 Å². The van der Waals surface area contributed by atoms with E-state index in [0.29, 0.717) is 38.4 Å². The number of rotatable bonds is 8. The molecule has 0 bridgehead atoms. The van der Waals surface area contributed by atoms with Crippen LogP contribution in [-0.2, 0) is 11.3 Å². The zero-order valence-electron chi connectivity index (χ0n) is 9.52. The Bertz CT molecular complexity index is 343. The number of hydrogen-bond donors (Lipinski definition) is 3. The molecule has 0 aliphatic heterocycles. The number of thiazole rings is 1. The van der Waals surface area contributed by atoms with Crippen LogP contribution in [0.3, 0.4) is 0 Å². The van der Waals surface area contributed by atoms with E-state index < -0.39 is 0 Å². The van der Waals surface area contributed by atoms with E-state index in [-0.39, 0.29) is 12.5 Å². The Morgan fingerprint density at radius 3 is 3.06 bits per heavy atom. The topological polar surface area (TPSA) is 97.5 Å². The lowest BCUT2D eigenvalue weighted by Gasteiger charge is -2.03. The summed E-state index contributed by atoms with van der Waals surface area (Å²) in [5, 5.41) is 13.7. The average molecular weight is 259 g/mol. The van der Waals surface area contributed by atoms with Crippen molar-refractivity contribution in [2.24, 2.45) is 5.73 Å². The first-order chi connectivity index (χ1) is 8.27. The molecule has 0 saturated carbocycles. The van der Waals surface area contributed by atoms with Gasteiger partial charge in [-0.15, -0.1) is 11.3 Å². The van der Waals surface area contributed by atoms with Crippen molar-refractivity contribution in [1.82, 2.24) is 10.3 Å². The molecule has 1 heterocycles. The van der Waals surface area contributed by atoms with E-state index in [4.69, 9.17) is 15.6 Å². The van der Waals surface area contributed by atoms with Gasteiger partial charge in [0, 0.05) is 25.1 Å². The van der Waals surface area contributed by atoms with Crippen LogP contribution in [0.5, 0.6) is 0 Å². The standard InChI is InChI=1S/C10H17N3O3S/c11-6-9-13-8(7-17-9)10(15)12-2-1-4-16-5-3-14/h7,14H,1-6,11H2,(H,12,15). The first-order valence-electron chi connectivity index (χ1n) is 5.39. The molecule has 6 nitrogen and oxygen atoms in total. The van der Waals surface area contributed by atoms with Gasteiger partial charge in [-0.3, -0.25) is 4.79 Å². The summed E-state index contributed by atoms with van der Waals surface area (Å²) in [6.07, 6.45) is 0.708. The fourth-order valence-corrected chi connectivity index (χ4v) is 1.80. The number of nitrogens with zero attached hydrogens (tertiary/aromatic N) is 1. The molecular formula is C10H17N3O3S. The molecule has 0 aromatic carbocycles. The minimum absolute atomic E-state index is 0.0209. The van der Waals surface area contributed by atoms with E-state index in [2.05, 4.69) is 10.3 Å². The molecule has 7 heteroatoms. The van der Waals surface area contributed by atoms with Crippen LogP contribution in [0.1, 0.15) is 21.9 Å². The Morgan fingerprint density at radius 2 is 2.41 bits per heavy atom. The second-order valence-electron chi connectivity index (χ2n) is 3.28. The summed E-state index contributed by atoms with van der Waals surface area (Å²) in [4.78, 5) is 15.6. The molecule has 1 aromatic heterocycles. The van der Waals surface area contributed by atoms with E-state index in [1.165, 1.54) is 11.3 Å². The molecule has 0 fully saturated rings. The third-order valence-electron chi connectivity index (χ3n) is 1.95. The first-order valence-corrected chi connectivity index (χ1v) is 6.27. The molecule has 0 unspecified atom stereocenters. The molecule has 0 aliphatic carbocycles. The van der Waals surface area contributed by atoms with Crippen molar-refractivity contribution < 1.29 is 14.6 Å². The number of carbonyl (C=O) groups is 1. The van der Waals surface area contributed by atoms with Crippen molar-refractivity contribution in [2.45, 2.75) is 13.0 Å². The summed E-state index contributed by atoms with van der Waals surface area (Å²) in [5.74, 6) is -0.192. The SMILES string of the molecule is NCc1nc(C(=O)NCCCOCCO)cs1. The number of nitrogens with one attached hydrogen (secondary N) is 1. The van der Waals surface area contributed by atoms with E-state index in [1.54, 1.807) is 5.38 Å². The minimum Gasteiger partial charge on any atom is -0.394 e. The second kappa shape index (κ2) is 8.13. The summed E-state index contributed by atoms with van der Waals surface area (Å²) in [6, 6.07) is 0. The molecular weight excluding hydrogens is 242 g/mol. The maximum absolute atomic E-state index is 11.6. The van der Waals surface area contributed by atoms with Crippen LogP contribution < -0.4 is 11.1 Å². The van der Waals surface area contributed by atoms with Gasteiger partial charge in [0.05, 0.1) is 13.2 Å². The van der Waals surface area contributed by atoms with Crippen molar-refractivity contribution >= 4 is 17.2 Å². The maximum atomic E-state index is 11.6. The molecule has 0 atom stereocenters. The van der Waals surface area contributed by atoms with Gasteiger partial charge in [0.25, 0.3) is 5.91 Å². The lowest BCUT2D eigenvalue weighted by Crippen LogP contribution is -2.25. The second-order valence-corrected chi connectivity index (χ2v) is 4.22. The third-order valence-corrected chi connectivity index (χ3v) is 2.82. The van der Waals surface area contributed by atoms with Crippen molar-refractivity contribution in [1.29, 1.82) is 0 Å². The van der Waals surface area contributed by atoms with Gasteiger partial charge in [-0.2, -0.15) is 0 Å². The van der Waals surface area contributed by atoms with Crippen LogP contribution in [0.25, 0.3) is 0 Å². The maximum Gasteiger partial charge on any atom is 0.270 e. The van der Waals surface area contributed by atoms with Crippen LogP contribution in [-0.4, -0.2) is 42.4 Å². The Kier molecular flexibility index (Phi) is 6.71. The summed E-state index contributed by atoms with van der Waals surface area (Å²) in [6.45, 7) is 1.76. The normalized spacial score (nSPS) is 10.5.